The number of rotatable bonds is 2. The van der Waals surface area contributed by atoms with Gasteiger partial charge in [0.05, 0.1) is 19.0 Å². The Morgan fingerprint density at radius 1 is 1.44 bits per heavy atom. The monoisotopic (exact) mass is 245 g/mol. The summed E-state index contributed by atoms with van der Waals surface area (Å²) in [4.78, 5) is 27.2. The van der Waals surface area contributed by atoms with Gasteiger partial charge in [0.15, 0.2) is 0 Å². The van der Waals surface area contributed by atoms with Crippen LogP contribution in [0.1, 0.15) is 16.1 Å². The molecule has 0 amide bonds. The van der Waals surface area contributed by atoms with E-state index in [1.807, 2.05) is 0 Å². The molecule has 0 bridgehead atoms. The van der Waals surface area contributed by atoms with Crippen molar-refractivity contribution in [3.8, 4) is 5.69 Å². The number of ether oxygens (including phenoxy) is 1. The van der Waals surface area contributed by atoms with Crippen molar-refractivity contribution in [3.63, 3.8) is 0 Å². The van der Waals surface area contributed by atoms with Gasteiger partial charge in [-0.3, -0.25) is 9.78 Å². The fraction of sp³-hybridized carbons (Fsp3) is 0.167. The molecule has 2 rings (SSSR count). The van der Waals surface area contributed by atoms with Crippen molar-refractivity contribution >= 4 is 5.97 Å². The Hall–Kier alpha value is -2.50. The second-order valence-corrected chi connectivity index (χ2v) is 3.64. The topological polar surface area (TPSA) is 74.1 Å². The van der Waals surface area contributed by atoms with Crippen molar-refractivity contribution in [3.05, 3.63) is 52.2 Å². The van der Waals surface area contributed by atoms with Gasteiger partial charge < -0.3 is 4.74 Å². The fourth-order valence-corrected chi connectivity index (χ4v) is 1.46. The summed E-state index contributed by atoms with van der Waals surface area (Å²) in [7, 11) is 1.21. The van der Waals surface area contributed by atoms with Crippen molar-refractivity contribution < 1.29 is 9.53 Å². The van der Waals surface area contributed by atoms with Gasteiger partial charge in [0, 0.05) is 18.0 Å². The molecule has 6 nitrogen and oxygen atoms in total. The van der Waals surface area contributed by atoms with Gasteiger partial charge >= 0.3 is 5.97 Å². The van der Waals surface area contributed by atoms with Crippen molar-refractivity contribution in [1.82, 2.24) is 14.8 Å². The summed E-state index contributed by atoms with van der Waals surface area (Å²) in [6.45, 7) is 1.61. The third-order valence-electron chi connectivity index (χ3n) is 2.39. The minimum Gasteiger partial charge on any atom is -0.464 e. The second-order valence-electron chi connectivity index (χ2n) is 3.64. The molecule has 0 spiro atoms. The highest BCUT2D eigenvalue weighted by Gasteiger charge is 2.15. The standard InChI is InChI=1S/C12H11N3O3/c1-8-7-15(9-4-3-5-13-6-9)14-10(11(8)16)12(17)18-2/h3-7H,1-2H3. The Balaban J connectivity index is 2.62. The number of pyridine rings is 1. The maximum atomic E-state index is 11.8. The largest absolute Gasteiger partial charge is 0.464 e. The van der Waals surface area contributed by atoms with E-state index in [2.05, 4.69) is 14.8 Å². The number of methoxy groups -OCH3 is 1. The predicted molar refractivity (Wildman–Crippen MR) is 63.7 cm³/mol. The van der Waals surface area contributed by atoms with Crippen LogP contribution in [-0.4, -0.2) is 27.8 Å². The van der Waals surface area contributed by atoms with E-state index in [4.69, 9.17) is 0 Å². The smallest absolute Gasteiger partial charge is 0.362 e. The Bertz CT molecular complexity index is 635. The number of carbonyl (C=O) groups is 1. The van der Waals surface area contributed by atoms with Gasteiger partial charge in [0.25, 0.3) is 0 Å². The Labute approximate surface area is 103 Å². The molecule has 0 aliphatic carbocycles. The molecule has 2 heterocycles. The van der Waals surface area contributed by atoms with Gasteiger partial charge in [0.1, 0.15) is 0 Å². The predicted octanol–water partition coefficient (Wildman–Crippen LogP) is 0.723. The first kappa shape index (κ1) is 12.0. The van der Waals surface area contributed by atoms with Gasteiger partial charge in [-0.05, 0) is 19.1 Å². The Kier molecular flexibility index (Phi) is 3.18. The number of aromatic nitrogens is 3. The van der Waals surface area contributed by atoms with E-state index in [0.717, 1.165) is 0 Å². The van der Waals surface area contributed by atoms with Gasteiger partial charge in [-0.15, -0.1) is 0 Å². The maximum Gasteiger partial charge on any atom is 0.362 e. The Morgan fingerprint density at radius 2 is 2.22 bits per heavy atom. The molecule has 0 N–H and O–H groups in total. The van der Waals surface area contributed by atoms with Gasteiger partial charge in [0.2, 0.25) is 11.1 Å². The number of carbonyl (C=O) groups excluding carboxylic acids is 1. The van der Waals surface area contributed by atoms with Crippen LogP contribution >= 0.6 is 0 Å². The molecule has 0 aliphatic rings. The van der Waals surface area contributed by atoms with E-state index in [-0.39, 0.29) is 5.69 Å². The molecular weight excluding hydrogens is 234 g/mol. The molecular formula is C12H11N3O3. The average molecular weight is 245 g/mol. The normalized spacial score (nSPS) is 10.1. The summed E-state index contributed by atoms with van der Waals surface area (Å²) in [5.41, 5.74) is 0.406. The number of nitrogens with zero attached hydrogens (tertiary/aromatic N) is 3. The first-order valence-corrected chi connectivity index (χ1v) is 5.23. The fourth-order valence-electron chi connectivity index (χ4n) is 1.46. The minimum absolute atomic E-state index is 0.235. The number of hydrogen-bond acceptors (Lipinski definition) is 5. The van der Waals surface area contributed by atoms with Crippen LogP contribution in [0.25, 0.3) is 5.69 Å². The summed E-state index contributed by atoms with van der Waals surface area (Å²) in [6.07, 6.45) is 4.75. The first-order chi connectivity index (χ1) is 8.63. The van der Waals surface area contributed by atoms with E-state index >= 15 is 0 Å². The van der Waals surface area contributed by atoms with E-state index in [0.29, 0.717) is 11.3 Å². The quantitative estimate of drug-likeness (QED) is 0.729. The molecule has 0 saturated carbocycles. The lowest BCUT2D eigenvalue weighted by Gasteiger charge is -2.07. The summed E-state index contributed by atoms with van der Waals surface area (Å²) in [5.74, 6) is -0.749. The number of hydrogen-bond donors (Lipinski definition) is 0. The summed E-state index contributed by atoms with van der Waals surface area (Å²) in [5, 5.41) is 3.96. The van der Waals surface area contributed by atoms with E-state index < -0.39 is 11.4 Å². The van der Waals surface area contributed by atoms with Crippen molar-refractivity contribution in [2.75, 3.05) is 7.11 Å². The zero-order chi connectivity index (χ0) is 13.1. The molecule has 0 aromatic carbocycles. The molecule has 18 heavy (non-hydrogen) atoms. The van der Waals surface area contributed by atoms with Crippen LogP contribution < -0.4 is 5.43 Å². The maximum absolute atomic E-state index is 11.8. The molecule has 0 radical (unpaired) electrons. The van der Waals surface area contributed by atoms with Crippen LogP contribution in [0.15, 0.2) is 35.5 Å². The molecule has 0 unspecified atom stereocenters. The Morgan fingerprint density at radius 3 is 2.83 bits per heavy atom. The van der Waals surface area contributed by atoms with Gasteiger partial charge in [-0.25, -0.2) is 9.48 Å². The van der Waals surface area contributed by atoms with Gasteiger partial charge in [-0.1, -0.05) is 0 Å². The zero-order valence-corrected chi connectivity index (χ0v) is 9.95. The summed E-state index contributed by atoms with van der Waals surface area (Å²) < 4.78 is 5.96. The molecule has 0 saturated heterocycles. The van der Waals surface area contributed by atoms with Crippen molar-refractivity contribution in [2.24, 2.45) is 0 Å². The molecule has 0 atom stereocenters. The third-order valence-corrected chi connectivity index (χ3v) is 2.39. The molecule has 2 aromatic rings. The van der Waals surface area contributed by atoms with Gasteiger partial charge in [-0.2, -0.15) is 5.10 Å². The van der Waals surface area contributed by atoms with Crippen LogP contribution in [0.2, 0.25) is 0 Å². The van der Waals surface area contributed by atoms with Crippen LogP contribution in [0.5, 0.6) is 0 Å². The lowest BCUT2D eigenvalue weighted by atomic mass is 10.2. The van der Waals surface area contributed by atoms with Crippen LogP contribution in [-0.2, 0) is 4.74 Å². The van der Waals surface area contributed by atoms with E-state index in [1.54, 1.807) is 37.6 Å². The lowest BCUT2D eigenvalue weighted by molar-refractivity contribution is 0.0590. The molecule has 0 aliphatic heterocycles. The number of aryl methyl sites for hydroxylation is 1. The zero-order valence-electron chi connectivity index (χ0n) is 9.95. The summed E-state index contributed by atoms with van der Waals surface area (Å²) in [6, 6.07) is 3.51. The molecule has 92 valence electrons. The highest BCUT2D eigenvalue weighted by atomic mass is 16.5. The van der Waals surface area contributed by atoms with Crippen molar-refractivity contribution in [1.29, 1.82) is 0 Å². The molecule has 0 fully saturated rings. The minimum atomic E-state index is -0.749. The summed E-state index contributed by atoms with van der Waals surface area (Å²) >= 11 is 0. The first-order valence-electron chi connectivity index (χ1n) is 5.23. The average Bonchev–Trinajstić information content (AvgIpc) is 2.41. The molecule has 2 aromatic heterocycles. The lowest BCUT2D eigenvalue weighted by Crippen LogP contribution is -2.24. The number of esters is 1. The molecule has 6 heteroatoms. The van der Waals surface area contributed by atoms with Crippen LogP contribution in [0, 0.1) is 6.92 Å². The van der Waals surface area contributed by atoms with E-state index in [9.17, 15) is 9.59 Å². The van der Waals surface area contributed by atoms with Crippen molar-refractivity contribution in [2.45, 2.75) is 6.92 Å². The second kappa shape index (κ2) is 4.79. The van der Waals surface area contributed by atoms with Crippen LogP contribution in [0.4, 0.5) is 0 Å². The SMILES string of the molecule is COC(=O)c1nn(-c2cccnc2)cc(C)c1=O. The highest BCUT2D eigenvalue weighted by molar-refractivity contribution is 5.86. The van der Waals surface area contributed by atoms with Crippen LogP contribution in [0.3, 0.4) is 0 Å². The third kappa shape index (κ3) is 2.13. The highest BCUT2D eigenvalue weighted by Crippen LogP contribution is 2.04. The van der Waals surface area contributed by atoms with E-state index in [1.165, 1.54) is 11.8 Å².